The highest BCUT2D eigenvalue weighted by Crippen LogP contribution is 2.23. The first-order chi connectivity index (χ1) is 8.34. The molecule has 0 spiro atoms. The quantitative estimate of drug-likeness (QED) is 0.860. The first-order valence-electron chi connectivity index (χ1n) is 6.44. The molecule has 1 aromatic rings. The lowest BCUT2D eigenvalue weighted by Gasteiger charge is -2.20. The van der Waals surface area contributed by atoms with Gasteiger partial charge in [0.05, 0.1) is 6.04 Å². The molecule has 1 amide bonds. The van der Waals surface area contributed by atoms with Crippen LogP contribution in [-0.4, -0.2) is 12.5 Å². The summed E-state index contributed by atoms with van der Waals surface area (Å²) < 4.78 is 0. The monoisotopic (exact) mass is 248 g/mol. The van der Waals surface area contributed by atoms with E-state index in [1.54, 1.807) is 0 Å². The molecule has 1 unspecified atom stereocenters. The number of carbonyl (C=O) groups is 1. The van der Waals surface area contributed by atoms with Crippen molar-refractivity contribution in [3.05, 3.63) is 35.4 Å². The predicted molar refractivity (Wildman–Crippen MR) is 75.4 cm³/mol. The Labute approximate surface area is 110 Å². The Morgan fingerprint density at radius 1 is 1.28 bits per heavy atom. The Morgan fingerprint density at radius 3 is 2.28 bits per heavy atom. The van der Waals surface area contributed by atoms with Crippen LogP contribution in [0.15, 0.2) is 24.3 Å². The van der Waals surface area contributed by atoms with E-state index < -0.39 is 0 Å². The third kappa shape index (κ3) is 4.15. The van der Waals surface area contributed by atoms with E-state index in [1.807, 2.05) is 6.92 Å². The average Bonchev–Trinajstić information content (AvgIpc) is 2.28. The maximum Gasteiger partial charge on any atom is 0.221 e. The summed E-state index contributed by atoms with van der Waals surface area (Å²) in [5, 5.41) is 2.94. The number of hydrogen-bond acceptors (Lipinski definition) is 2. The second-order valence-electron chi connectivity index (χ2n) is 5.70. The minimum atomic E-state index is 0.00454. The smallest absolute Gasteiger partial charge is 0.221 e. The first kappa shape index (κ1) is 14.7. The van der Waals surface area contributed by atoms with Crippen LogP contribution in [0, 0.1) is 0 Å². The molecule has 3 N–H and O–H groups in total. The van der Waals surface area contributed by atoms with Crippen molar-refractivity contribution >= 4 is 5.91 Å². The van der Waals surface area contributed by atoms with Gasteiger partial charge in [0.2, 0.25) is 5.91 Å². The lowest BCUT2D eigenvalue weighted by Crippen LogP contribution is -2.28. The van der Waals surface area contributed by atoms with Gasteiger partial charge >= 0.3 is 0 Å². The van der Waals surface area contributed by atoms with Crippen LogP contribution in [0.5, 0.6) is 0 Å². The van der Waals surface area contributed by atoms with Crippen LogP contribution in [0.2, 0.25) is 0 Å². The van der Waals surface area contributed by atoms with E-state index in [0.717, 1.165) is 5.56 Å². The van der Waals surface area contributed by atoms with Crippen molar-refractivity contribution in [1.29, 1.82) is 0 Å². The van der Waals surface area contributed by atoms with E-state index >= 15 is 0 Å². The van der Waals surface area contributed by atoms with Gasteiger partial charge in [0.1, 0.15) is 0 Å². The number of rotatable bonds is 4. The number of hydrogen-bond donors (Lipinski definition) is 2. The maximum absolute atomic E-state index is 11.5. The molecule has 0 saturated carbocycles. The molecule has 1 rings (SSSR count). The third-order valence-corrected chi connectivity index (χ3v) is 3.03. The molecular formula is C15H24N2O. The van der Waals surface area contributed by atoms with Crippen molar-refractivity contribution in [1.82, 2.24) is 5.32 Å². The summed E-state index contributed by atoms with van der Waals surface area (Å²) >= 11 is 0. The molecule has 3 heteroatoms. The van der Waals surface area contributed by atoms with Gasteiger partial charge in [-0.25, -0.2) is 0 Å². The normalized spacial score (nSPS) is 13.2. The van der Waals surface area contributed by atoms with Crippen LogP contribution in [-0.2, 0) is 10.2 Å². The van der Waals surface area contributed by atoms with E-state index in [9.17, 15) is 4.79 Å². The summed E-state index contributed by atoms with van der Waals surface area (Å²) in [5.74, 6) is 0.00454. The molecule has 0 aliphatic rings. The highest BCUT2D eigenvalue weighted by molar-refractivity contribution is 5.76. The fourth-order valence-corrected chi connectivity index (χ4v) is 1.80. The van der Waals surface area contributed by atoms with E-state index in [2.05, 4.69) is 50.4 Å². The van der Waals surface area contributed by atoms with E-state index in [-0.39, 0.29) is 17.4 Å². The second kappa shape index (κ2) is 6.01. The zero-order chi connectivity index (χ0) is 13.8. The number of nitrogens with one attached hydrogen (secondary N) is 1. The Balaban J connectivity index is 2.70. The summed E-state index contributed by atoms with van der Waals surface area (Å²) in [5.41, 5.74) is 7.92. The van der Waals surface area contributed by atoms with Gasteiger partial charge in [-0.1, -0.05) is 45.0 Å². The zero-order valence-electron chi connectivity index (χ0n) is 11.8. The lowest BCUT2D eigenvalue weighted by atomic mass is 9.86. The highest BCUT2D eigenvalue weighted by Gasteiger charge is 2.14. The molecule has 0 radical (unpaired) electrons. The van der Waals surface area contributed by atoms with Gasteiger partial charge in [-0.15, -0.1) is 0 Å². The summed E-state index contributed by atoms with van der Waals surface area (Å²) in [6.07, 6.45) is 0.379. The Morgan fingerprint density at radius 2 is 1.83 bits per heavy atom. The van der Waals surface area contributed by atoms with E-state index in [4.69, 9.17) is 5.73 Å². The number of benzene rings is 1. The molecule has 0 saturated heterocycles. The SMILES string of the molecule is CC(NC(=O)CCN)c1ccc(C(C)(C)C)cc1. The van der Waals surface area contributed by atoms with Crippen molar-refractivity contribution in [2.75, 3.05) is 6.54 Å². The van der Waals surface area contributed by atoms with Gasteiger partial charge in [-0.3, -0.25) is 4.79 Å². The third-order valence-electron chi connectivity index (χ3n) is 3.03. The minimum Gasteiger partial charge on any atom is -0.350 e. The van der Waals surface area contributed by atoms with Crippen LogP contribution in [0.3, 0.4) is 0 Å². The number of carbonyl (C=O) groups excluding carboxylic acids is 1. The summed E-state index contributed by atoms with van der Waals surface area (Å²) in [6, 6.07) is 8.43. The van der Waals surface area contributed by atoms with Gasteiger partial charge in [-0.05, 0) is 23.5 Å². The Kier molecular flexibility index (Phi) is 4.91. The highest BCUT2D eigenvalue weighted by atomic mass is 16.1. The molecule has 3 nitrogen and oxygen atoms in total. The summed E-state index contributed by atoms with van der Waals surface area (Å²) in [4.78, 5) is 11.5. The van der Waals surface area contributed by atoms with Gasteiger partial charge < -0.3 is 11.1 Å². The molecule has 0 fully saturated rings. The predicted octanol–water partition coefficient (Wildman–Crippen LogP) is 2.51. The van der Waals surface area contributed by atoms with E-state index in [1.165, 1.54) is 5.56 Å². The van der Waals surface area contributed by atoms with Crippen LogP contribution < -0.4 is 11.1 Å². The molecule has 18 heavy (non-hydrogen) atoms. The number of nitrogens with two attached hydrogens (primary N) is 1. The van der Waals surface area contributed by atoms with Crippen molar-refractivity contribution in [3.8, 4) is 0 Å². The van der Waals surface area contributed by atoms with Crippen LogP contribution in [0.4, 0.5) is 0 Å². The molecule has 100 valence electrons. The Bertz CT molecular complexity index is 390. The van der Waals surface area contributed by atoms with Gasteiger partial charge in [-0.2, -0.15) is 0 Å². The van der Waals surface area contributed by atoms with Crippen molar-refractivity contribution < 1.29 is 4.79 Å². The fourth-order valence-electron chi connectivity index (χ4n) is 1.80. The van der Waals surface area contributed by atoms with E-state index in [0.29, 0.717) is 13.0 Å². The average molecular weight is 248 g/mol. The molecular weight excluding hydrogens is 224 g/mol. The van der Waals surface area contributed by atoms with Crippen LogP contribution >= 0.6 is 0 Å². The topological polar surface area (TPSA) is 55.1 Å². The van der Waals surface area contributed by atoms with Crippen LogP contribution in [0.25, 0.3) is 0 Å². The summed E-state index contributed by atoms with van der Waals surface area (Å²) in [6.45, 7) is 8.94. The lowest BCUT2D eigenvalue weighted by molar-refractivity contribution is -0.121. The van der Waals surface area contributed by atoms with Gasteiger partial charge in [0.15, 0.2) is 0 Å². The molecule has 0 aromatic heterocycles. The van der Waals surface area contributed by atoms with Crippen molar-refractivity contribution in [2.24, 2.45) is 5.73 Å². The van der Waals surface area contributed by atoms with Crippen LogP contribution in [0.1, 0.15) is 51.3 Å². The largest absolute Gasteiger partial charge is 0.350 e. The minimum absolute atomic E-state index is 0.00454. The molecule has 0 aliphatic carbocycles. The first-order valence-corrected chi connectivity index (χ1v) is 6.44. The standard InChI is InChI=1S/C15H24N2O/c1-11(17-14(18)9-10-16)12-5-7-13(8-6-12)15(2,3)4/h5-8,11H,9-10,16H2,1-4H3,(H,17,18). The van der Waals surface area contributed by atoms with Gasteiger partial charge in [0.25, 0.3) is 0 Å². The second-order valence-corrected chi connectivity index (χ2v) is 5.70. The molecule has 0 aliphatic heterocycles. The van der Waals surface area contributed by atoms with Crippen molar-refractivity contribution in [3.63, 3.8) is 0 Å². The molecule has 1 atom stereocenters. The maximum atomic E-state index is 11.5. The molecule has 0 heterocycles. The molecule has 0 bridgehead atoms. The summed E-state index contributed by atoms with van der Waals surface area (Å²) in [7, 11) is 0. The fraction of sp³-hybridized carbons (Fsp3) is 0.533. The zero-order valence-corrected chi connectivity index (χ0v) is 11.8. The molecule has 1 aromatic carbocycles. The van der Waals surface area contributed by atoms with Gasteiger partial charge in [0, 0.05) is 13.0 Å². The number of amides is 1. The Hall–Kier alpha value is -1.35. The van der Waals surface area contributed by atoms with Crippen molar-refractivity contribution in [2.45, 2.75) is 45.6 Å².